The summed E-state index contributed by atoms with van der Waals surface area (Å²) >= 11 is 5.40. The number of halogens is 1. The van der Waals surface area contributed by atoms with Gasteiger partial charge < -0.3 is 10.2 Å². The van der Waals surface area contributed by atoms with Crippen LogP contribution in [-0.2, 0) is 11.2 Å². The van der Waals surface area contributed by atoms with Crippen molar-refractivity contribution in [3.63, 3.8) is 0 Å². The van der Waals surface area contributed by atoms with E-state index in [0.29, 0.717) is 12.5 Å². The molecule has 1 unspecified atom stereocenters. The first-order chi connectivity index (χ1) is 8.58. The summed E-state index contributed by atoms with van der Waals surface area (Å²) in [4.78, 5) is 14.7. The Morgan fingerprint density at radius 3 is 3.11 bits per heavy atom. The molecule has 1 heterocycles. The number of fused-ring (bicyclic) bond motifs is 1. The van der Waals surface area contributed by atoms with E-state index in [0.717, 1.165) is 6.54 Å². The Kier molecular flexibility index (Phi) is 4.81. The molecular weight excluding hydrogens is 312 g/mol. The maximum absolute atomic E-state index is 11.5. The molecule has 18 heavy (non-hydrogen) atoms. The number of hydrogen-bond acceptors (Lipinski definition) is 3. The minimum Gasteiger partial charge on any atom is -0.349 e. The fourth-order valence-electron chi connectivity index (χ4n) is 2.31. The lowest BCUT2D eigenvalue weighted by Gasteiger charge is -2.24. The third kappa shape index (κ3) is 3.33. The molecule has 100 valence electrons. The largest absolute Gasteiger partial charge is 0.349 e. The molecule has 1 aliphatic carbocycles. The second-order valence-electron chi connectivity index (χ2n) is 4.87. The SMILES string of the molecule is CN(C)C(=O)CCNC1CCCc2sc(Br)cc21. The molecule has 0 bridgehead atoms. The van der Waals surface area contributed by atoms with E-state index in [1.807, 2.05) is 11.3 Å². The molecule has 1 atom stereocenters. The third-order valence-electron chi connectivity index (χ3n) is 3.31. The van der Waals surface area contributed by atoms with Crippen LogP contribution in [0.25, 0.3) is 0 Å². The standard InChI is InChI=1S/C13H19BrN2OS/c1-16(2)13(17)6-7-15-10-4-3-5-11-9(10)8-12(14)18-11/h8,10,15H,3-7H2,1-2H3. The number of carbonyl (C=O) groups excluding carboxylic acids is 1. The Morgan fingerprint density at radius 2 is 2.39 bits per heavy atom. The molecule has 1 aromatic rings. The molecule has 1 aliphatic rings. The molecule has 0 spiro atoms. The van der Waals surface area contributed by atoms with Gasteiger partial charge in [0, 0.05) is 38.0 Å². The van der Waals surface area contributed by atoms with E-state index in [9.17, 15) is 4.79 Å². The van der Waals surface area contributed by atoms with Crippen LogP contribution in [0.3, 0.4) is 0 Å². The van der Waals surface area contributed by atoms with Crippen molar-refractivity contribution in [3.05, 3.63) is 20.3 Å². The first kappa shape index (κ1) is 14.0. The van der Waals surface area contributed by atoms with Gasteiger partial charge in [-0.15, -0.1) is 11.3 Å². The molecule has 1 aromatic heterocycles. The maximum atomic E-state index is 11.5. The monoisotopic (exact) mass is 330 g/mol. The van der Waals surface area contributed by atoms with Crippen molar-refractivity contribution in [3.8, 4) is 0 Å². The average Bonchev–Trinajstić information content (AvgIpc) is 2.70. The highest BCUT2D eigenvalue weighted by molar-refractivity contribution is 9.11. The molecule has 0 aromatic carbocycles. The van der Waals surface area contributed by atoms with Crippen molar-refractivity contribution < 1.29 is 4.79 Å². The number of thiophene rings is 1. The number of aryl methyl sites for hydroxylation is 1. The van der Waals surface area contributed by atoms with E-state index < -0.39 is 0 Å². The minimum absolute atomic E-state index is 0.185. The molecule has 0 radical (unpaired) electrons. The van der Waals surface area contributed by atoms with Crippen LogP contribution in [0.1, 0.15) is 35.7 Å². The number of amides is 1. The Labute approximate surface area is 121 Å². The molecule has 0 saturated heterocycles. The maximum Gasteiger partial charge on any atom is 0.223 e. The zero-order valence-electron chi connectivity index (χ0n) is 10.8. The molecule has 3 nitrogen and oxygen atoms in total. The summed E-state index contributed by atoms with van der Waals surface area (Å²) in [7, 11) is 3.61. The summed E-state index contributed by atoms with van der Waals surface area (Å²) < 4.78 is 1.21. The lowest BCUT2D eigenvalue weighted by molar-refractivity contribution is -0.128. The van der Waals surface area contributed by atoms with Crippen LogP contribution < -0.4 is 5.32 Å². The number of nitrogens with one attached hydrogen (secondary N) is 1. The number of carbonyl (C=O) groups is 1. The summed E-state index contributed by atoms with van der Waals surface area (Å²) in [5.41, 5.74) is 1.43. The highest BCUT2D eigenvalue weighted by atomic mass is 79.9. The van der Waals surface area contributed by atoms with Gasteiger partial charge in [0.2, 0.25) is 5.91 Å². The van der Waals surface area contributed by atoms with Gasteiger partial charge in [-0.05, 0) is 46.8 Å². The number of nitrogens with zero attached hydrogens (tertiary/aromatic N) is 1. The molecule has 5 heteroatoms. The van der Waals surface area contributed by atoms with Gasteiger partial charge in [0.25, 0.3) is 0 Å². The van der Waals surface area contributed by atoms with Gasteiger partial charge in [-0.1, -0.05) is 0 Å². The summed E-state index contributed by atoms with van der Waals surface area (Å²) in [6.45, 7) is 0.759. The number of rotatable bonds is 4. The molecule has 1 N–H and O–H groups in total. The van der Waals surface area contributed by atoms with Crippen molar-refractivity contribution in [2.45, 2.75) is 31.7 Å². The Hall–Kier alpha value is -0.390. The predicted molar refractivity (Wildman–Crippen MR) is 79.0 cm³/mol. The minimum atomic E-state index is 0.185. The fourth-order valence-corrected chi connectivity index (χ4v) is 4.13. The van der Waals surface area contributed by atoms with E-state index in [2.05, 4.69) is 27.3 Å². The summed E-state index contributed by atoms with van der Waals surface area (Å²) in [6, 6.07) is 2.65. The van der Waals surface area contributed by atoms with Crippen LogP contribution in [0.4, 0.5) is 0 Å². The summed E-state index contributed by atoms with van der Waals surface area (Å²) in [6.07, 6.45) is 4.18. The van der Waals surface area contributed by atoms with Crippen LogP contribution in [-0.4, -0.2) is 31.4 Å². The molecule has 2 rings (SSSR count). The summed E-state index contributed by atoms with van der Waals surface area (Å²) in [5.74, 6) is 0.185. The van der Waals surface area contributed by atoms with Crippen molar-refractivity contribution in [1.82, 2.24) is 10.2 Å². The molecule has 0 fully saturated rings. The van der Waals surface area contributed by atoms with Crippen molar-refractivity contribution >= 4 is 33.2 Å². The molecular formula is C13H19BrN2OS. The summed E-state index contributed by atoms with van der Waals surface area (Å²) in [5, 5.41) is 3.52. The third-order valence-corrected chi connectivity index (χ3v) is 5.03. The van der Waals surface area contributed by atoms with Crippen molar-refractivity contribution in [2.75, 3.05) is 20.6 Å². The van der Waals surface area contributed by atoms with Gasteiger partial charge in [0.1, 0.15) is 0 Å². The smallest absolute Gasteiger partial charge is 0.223 e. The van der Waals surface area contributed by atoms with Crippen molar-refractivity contribution in [2.24, 2.45) is 0 Å². The Balaban J connectivity index is 1.89. The zero-order chi connectivity index (χ0) is 13.1. The normalized spacial score (nSPS) is 18.5. The van der Waals surface area contributed by atoms with Gasteiger partial charge in [-0.2, -0.15) is 0 Å². The fraction of sp³-hybridized carbons (Fsp3) is 0.615. The second kappa shape index (κ2) is 6.17. The number of hydrogen-bond donors (Lipinski definition) is 1. The Morgan fingerprint density at radius 1 is 1.61 bits per heavy atom. The molecule has 0 aliphatic heterocycles. The van der Waals surface area contributed by atoms with Crippen molar-refractivity contribution in [1.29, 1.82) is 0 Å². The van der Waals surface area contributed by atoms with Crippen LogP contribution in [0.2, 0.25) is 0 Å². The van der Waals surface area contributed by atoms with E-state index in [1.165, 1.54) is 33.5 Å². The van der Waals surface area contributed by atoms with E-state index in [4.69, 9.17) is 0 Å². The topological polar surface area (TPSA) is 32.3 Å². The molecule has 1 amide bonds. The van der Waals surface area contributed by atoms with E-state index in [-0.39, 0.29) is 5.91 Å². The van der Waals surface area contributed by atoms with E-state index in [1.54, 1.807) is 19.0 Å². The quantitative estimate of drug-likeness (QED) is 0.920. The van der Waals surface area contributed by atoms with Gasteiger partial charge in [0.15, 0.2) is 0 Å². The second-order valence-corrected chi connectivity index (χ2v) is 7.38. The molecule has 0 saturated carbocycles. The van der Waals surface area contributed by atoms with Crippen LogP contribution >= 0.6 is 27.3 Å². The van der Waals surface area contributed by atoms with Crippen LogP contribution in [0.5, 0.6) is 0 Å². The first-order valence-corrected chi connectivity index (χ1v) is 7.90. The predicted octanol–water partition coefficient (Wildman–Crippen LogP) is 2.96. The lowest BCUT2D eigenvalue weighted by atomic mass is 9.94. The van der Waals surface area contributed by atoms with Gasteiger partial charge in [-0.25, -0.2) is 0 Å². The van der Waals surface area contributed by atoms with Gasteiger partial charge in [0.05, 0.1) is 3.79 Å². The zero-order valence-corrected chi connectivity index (χ0v) is 13.2. The highest BCUT2D eigenvalue weighted by Crippen LogP contribution is 2.37. The average molecular weight is 331 g/mol. The van der Waals surface area contributed by atoms with E-state index >= 15 is 0 Å². The Bertz CT molecular complexity index is 431. The van der Waals surface area contributed by atoms with Gasteiger partial charge >= 0.3 is 0 Å². The van der Waals surface area contributed by atoms with Gasteiger partial charge in [-0.3, -0.25) is 4.79 Å². The van der Waals surface area contributed by atoms with Crippen LogP contribution in [0.15, 0.2) is 9.85 Å². The highest BCUT2D eigenvalue weighted by Gasteiger charge is 2.22. The first-order valence-electron chi connectivity index (χ1n) is 6.29. The lowest BCUT2D eigenvalue weighted by Crippen LogP contribution is -2.30. The van der Waals surface area contributed by atoms with Crippen LogP contribution in [0, 0.1) is 0 Å².